The summed E-state index contributed by atoms with van der Waals surface area (Å²) in [6, 6.07) is 5.78. The van der Waals surface area contributed by atoms with Crippen LogP contribution in [0.25, 0.3) is 0 Å². The van der Waals surface area contributed by atoms with E-state index in [9.17, 15) is 18.3 Å². The predicted molar refractivity (Wildman–Crippen MR) is 65.7 cm³/mol. The number of hydrogen-bond acceptors (Lipinski definition) is 3. The standard InChI is InChI=1S/C13H18F3NO2/c1-3-12(2,9-18)17-8-10-5-4-6-11(7-10)19-13(14,15)16/h4-7,17-18H,3,8-9H2,1-2H3. The molecule has 0 aliphatic heterocycles. The molecule has 1 unspecified atom stereocenters. The molecule has 2 N–H and O–H groups in total. The van der Waals surface area contributed by atoms with Crippen LogP contribution < -0.4 is 10.1 Å². The molecule has 0 heterocycles. The Morgan fingerprint density at radius 1 is 1.32 bits per heavy atom. The van der Waals surface area contributed by atoms with Gasteiger partial charge in [0.2, 0.25) is 0 Å². The van der Waals surface area contributed by atoms with Gasteiger partial charge < -0.3 is 15.2 Å². The lowest BCUT2D eigenvalue weighted by Gasteiger charge is -2.27. The molecule has 6 heteroatoms. The van der Waals surface area contributed by atoms with Gasteiger partial charge in [-0.05, 0) is 31.0 Å². The number of ether oxygens (including phenoxy) is 1. The molecule has 0 bridgehead atoms. The van der Waals surface area contributed by atoms with Crippen LogP contribution in [0.5, 0.6) is 5.75 Å². The lowest BCUT2D eigenvalue weighted by Crippen LogP contribution is -2.44. The molecule has 0 spiro atoms. The fourth-order valence-electron chi connectivity index (χ4n) is 1.46. The predicted octanol–water partition coefficient (Wildman–Crippen LogP) is 2.84. The molecule has 0 aliphatic carbocycles. The fourth-order valence-corrected chi connectivity index (χ4v) is 1.46. The van der Waals surface area contributed by atoms with E-state index >= 15 is 0 Å². The number of alkyl halides is 3. The number of halogens is 3. The van der Waals surface area contributed by atoms with Gasteiger partial charge in [0.05, 0.1) is 6.61 Å². The number of aliphatic hydroxyl groups excluding tert-OH is 1. The van der Waals surface area contributed by atoms with Gasteiger partial charge in [-0.2, -0.15) is 0 Å². The Balaban J connectivity index is 2.67. The van der Waals surface area contributed by atoms with E-state index in [1.165, 1.54) is 18.2 Å². The molecule has 1 atom stereocenters. The highest BCUT2D eigenvalue weighted by atomic mass is 19.4. The Morgan fingerprint density at radius 3 is 2.53 bits per heavy atom. The van der Waals surface area contributed by atoms with Crippen molar-refractivity contribution >= 4 is 0 Å². The first-order valence-electron chi connectivity index (χ1n) is 5.98. The molecular formula is C13H18F3NO2. The van der Waals surface area contributed by atoms with Gasteiger partial charge >= 0.3 is 6.36 Å². The molecule has 0 saturated carbocycles. The monoisotopic (exact) mass is 277 g/mol. The average molecular weight is 277 g/mol. The van der Waals surface area contributed by atoms with E-state index in [0.29, 0.717) is 18.5 Å². The van der Waals surface area contributed by atoms with Gasteiger partial charge in [0.25, 0.3) is 0 Å². The highest BCUT2D eigenvalue weighted by molar-refractivity contribution is 5.28. The van der Waals surface area contributed by atoms with Crippen LogP contribution in [0.1, 0.15) is 25.8 Å². The Hall–Kier alpha value is -1.27. The molecule has 0 amide bonds. The van der Waals surface area contributed by atoms with Crippen LogP contribution in [-0.4, -0.2) is 23.6 Å². The smallest absolute Gasteiger partial charge is 0.406 e. The summed E-state index contributed by atoms with van der Waals surface area (Å²) in [5.74, 6) is -0.242. The van der Waals surface area contributed by atoms with Crippen molar-refractivity contribution in [3.63, 3.8) is 0 Å². The second-order valence-corrected chi connectivity index (χ2v) is 4.62. The SMILES string of the molecule is CCC(C)(CO)NCc1cccc(OC(F)(F)F)c1. The number of benzene rings is 1. The van der Waals surface area contributed by atoms with E-state index in [2.05, 4.69) is 10.1 Å². The number of hydrogen-bond donors (Lipinski definition) is 2. The van der Waals surface area contributed by atoms with Crippen molar-refractivity contribution in [2.45, 2.75) is 38.7 Å². The van der Waals surface area contributed by atoms with E-state index in [0.717, 1.165) is 0 Å². The molecule has 3 nitrogen and oxygen atoms in total. The van der Waals surface area contributed by atoms with E-state index < -0.39 is 11.9 Å². The van der Waals surface area contributed by atoms with Crippen molar-refractivity contribution in [2.75, 3.05) is 6.61 Å². The first-order chi connectivity index (χ1) is 8.78. The third-order valence-electron chi connectivity index (χ3n) is 2.98. The van der Waals surface area contributed by atoms with E-state index in [1.54, 1.807) is 6.07 Å². The number of nitrogens with one attached hydrogen (secondary N) is 1. The minimum absolute atomic E-state index is 0.0394. The molecule has 0 fully saturated rings. The van der Waals surface area contributed by atoms with Crippen molar-refractivity contribution < 1.29 is 23.0 Å². The average Bonchev–Trinajstić information content (AvgIpc) is 2.34. The van der Waals surface area contributed by atoms with Gasteiger partial charge in [0.15, 0.2) is 0 Å². The summed E-state index contributed by atoms with van der Waals surface area (Å²) in [5.41, 5.74) is 0.218. The topological polar surface area (TPSA) is 41.5 Å². The minimum atomic E-state index is -4.69. The maximum atomic E-state index is 12.1. The highest BCUT2D eigenvalue weighted by Crippen LogP contribution is 2.23. The summed E-state index contributed by atoms with van der Waals surface area (Å²) in [6.07, 6.45) is -3.97. The van der Waals surface area contributed by atoms with Crippen LogP contribution in [0.3, 0.4) is 0 Å². The van der Waals surface area contributed by atoms with Crippen LogP contribution >= 0.6 is 0 Å². The van der Waals surface area contributed by atoms with Crippen LogP contribution in [-0.2, 0) is 6.54 Å². The number of rotatable bonds is 6. The lowest BCUT2D eigenvalue weighted by molar-refractivity contribution is -0.274. The van der Waals surface area contributed by atoms with Crippen LogP contribution in [0.15, 0.2) is 24.3 Å². The molecule has 19 heavy (non-hydrogen) atoms. The molecule has 1 aromatic rings. The van der Waals surface area contributed by atoms with Crippen molar-refractivity contribution in [1.29, 1.82) is 0 Å². The second kappa shape index (κ2) is 6.25. The lowest BCUT2D eigenvalue weighted by atomic mass is 10.00. The first-order valence-corrected chi connectivity index (χ1v) is 5.98. The minimum Gasteiger partial charge on any atom is -0.406 e. The van der Waals surface area contributed by atoms with Crippen LogP contribution in [0, 0.1) is 0 Å². The molecular weight excluding hydrogens is 259 g/mol. The van der Waals surface area contributed by atoms with Gasteiger partial charge in [-0.25, -0.2) is 0 Å². The van der Waals surface area contributed by atoms with E-state index in [1.807, 2.05) is 13.8 Å². The van der Waals surface area contributed by atoms with Crippen molar-refractivity contribution in [2.24, 2.45) is 0 Å². The number of aliphatic hydroxyl groups is 1. The molecule has 0 aliphatic rings. The van der Waals surface area contributed by atoms with Crippen molar-refractivity contribution in [3.05, 3.63) is 29.8 Å². The van der Waals surface area contributed by atoms with Crippen molar-refractivity contribution in [3.8, 4) is 5.75 Å². The first kappa shape index (κ1) is 15.8. The maximum Gasteiger partial charge on any atom is 0.573 e. The van der Waals surface area contributed by atoms with Gasteiger partial charge in [-0.15, -0.1) is 13.2 Å². The summed E-state index contributed by atoms with van der Waals surface area (Å²) in [5, 5.41) is 12.3. The fraction of sp³-hybridized carbons (Fsp3) is 0.538. The van der Waals surface area contributed by atoms with Gasteiger partial charge in [0.1, 0.15) is 5.75 Å². The summed E-state index contributed by atoms with van der Waals surface area (Å²) in [7, 11) is 0. The van der Waals surface area contributed by atoms with Gasteiger partial charge in [0, 0.05) is 12.1 Å². The summed E-state index contributed by atoms with van der Waals surface area (Å²) in [6.45, 7) is 4.09. The zero-order valence-corrected chi connectivity index (χ0v) is 10.9. The van der Waals surface area contributed by atoms with Gasteiger partial charge in [-0.1, -0.05) is 19.1 Å². The van der Waals surface area contributed by atoms with Crippen LogP contribution in [0.2, 0.25) is 0 Å². The molecule has 108 valence electrons. The molecule has 0 radical (unpaired) electrons. The third-order valence-corrected chi connectivity index (χ3v) is 2.98. The second-order valence-electron chi connectivity index (χ2n) is 4.62. The molecule has 1 aromatic carbocycles. The summed E-state index contributed by atoms with van der Waals surface area (Å²) in [4.78, 5) is 0. The highest BCUT2D eigenvalue weighted by Gasteiger charge is 2.31. The Morgan fingerprint density at radius 2 is 2.00 bits per heavy atom. The summed E-state index contributed by atoms with van der Waals surface area (Å²) < 4.78 is 40.1. The van der Waals surface area contributed by atoms with Crippen LogP contribution in [0.4, 0.5) is 13.2 Å². The Bertz CT molecular complexity index is 403. The van der Waals surface area contributed by atoms with Gasteiger partial charge in [-0.3, -0.25) is 0 Å². The quantitative estimate of drug-likeness (QED) is 0.840. The van der Waals surface area contributed by atoms with E-state index in [4.69, 9.17) is 0 Å². The Labute approximate surface area is 110 Å². The zero-order chi connectivity index (χ0) is 14.5. The van der Waals surface area contributed by atoms with Crippen molar-refractivity contribution in [1.82, 2.24) is 5.32 Å². The molecule has 1 rings (SSSR count). The zero-order valence-electron chi connectivity index (χ0n) is 10.9. The normalized spacial score (nSPS) is 15.1. The van der Waals surface area contributed by atoms with E-state index in [-0.39, 0.29) is 12.4 Å². The summed E-state index contributed by atoms with van der Waals surface area (Å²) >= 11 is 0. The Kier molecular flexibility index (Phi) is 5.20. The maximum absolute atomic E-state index is 12.1. The third kappa shape index (κ3) is 5.48. The largest absolute Gasteiger partial charge is 0.573 e. The molecule has 0 saturated heterocycles. The molecule has 0 aromatic heterocycles.